The van der Waals surface area contributed by atoms with E-state index in [1.165, 1.54) is 5.69 Å². The van der Waals surface area contributed by atoms with Crippen molar-refractivity contribution in [1.29, 1.82) is 0 Å². The number of carbonyl (C=O) groups is 1. The highest BCUT2D eigenvalue weighted by molar-refractivity contribution is 5.79. The maximum absolute atomic E-state index is 12.6. The fraction of sp³-hybridized carbons (Fsp3) is 0.520. The van der Waals surface area contributed by atoms with Crippen LogP contribution in [-0.2, 0) is 20.7 Å². The van der Waals surface area contributed by atoms with Crippen LogP contribution >= 0.6 is 0 Å². The van der Waals surface area contributed by atoms with Gasteiger partial charge in [-0.05, 0) is 42.7 Å². The highest BCUT2D eigenvalue weighted by Crippen LogP contribution is 2.33. The Balaban J connectivity index is 1.10. The third kappa shape index (κ3) is 4.74. The predicted octanol–water partition coefficient (Wildman–Crippen LogP) is 2.67. The van der Waals surface area contributed by atoms with Crippen LogP contribution in [0.1, 0.15) is 30.4 Å². The summed E-state index contributed by atoms with van der Waals surface area (Å²) in [5.74, 6) is -0.261. The predicted molar refractivity (Wildman–Crippen MR) is 124 cm³/mol. The number of amides is 1. The average Bonchev–Trinajstić information content (AvgIpc) is 3.45. The molecular formula is C25H32N4O3. The van der Waals surface area contributed by atoms with Gasteiger partial charge in [-0.15, -0.1) is 0 Å². The summed E-state index contributed by atoms with van der Waals surface area (Å²) in [5.41, 5.74) is 4.52. The molecule has 3 aliphatic rings. The summed E-state index contributed by atoms with van der Waals surface area (Å²) in [6, 6.07) is 10.7. The first-order chi connectivity index (χ1) is 15.6. The van der Waals surface area contributed by atoms with Crippen molar-refractivity contribution in [3.05, 3.63) is 53.9 Å². The second-order valence-corrected chi connectivity index (χ2v) is 9.16. The summed E-state index contributed by atoms with van der Waals surface area (Å²) >= 11 is 0. The first-order valence-electron chi connectivity index (χ1n) is 11.7. The van der Waals surface area contributed by atoms with Gasteiger partial charge in [0.2, 0.25) is 5.91 Å². The number of benzene rings is 1. The fourth-order valence-electron chi connectivity index (χ4n) is 5.00. The van der Waals surface area contributed by atoms with Crippen LogP contribution in [0.4, 0.5) is 11.4 Å². The lowest BCUT2D eigenvalue weighted by Crippen LogP contribution is -2.45. The Morgan fingerprint density at radius 2 is 1.81 bits per heavy atom. The van der Waals surface area contributed by atoms with Crippen LogP contribution in [0.3, 0.4) is 0 Å². The van der Waals surface area contributed by atoms with Crippen LogP contribution in [0.15, 0.2) is 42.7 Å². The molecule has 170 valence electrons. The Morgan fingerprint density at radius 1 is 1.06 bits per heavy atom. The van der Waals surface area contributed by atoms with Gasteiger partial charge in [0.15, 0.2) is 5.79 Å². The van der Waals surface area contributed by atoms with E-state index in [0.717, 1.165) is 62.3 Å². The van der Waals surface area contributed by atoms with E-state index in [-0.39, 0.29) is 17.7 Å². The molecule has 7 heteroatoms. The summed E-state index contributed by atoms with van der Waals surface area (Å²) in [5, 5.41) is 3.21. The van der Waals surface area contributed by atoms with E-state index in [9.17, 15) is 4.79 Å². The smallest absolute Gasteiger partial charge is 0.224 e. The second-order valence-electron chi connectivity index (χ2n) is 9.16. The number of rotatable bonds is 5. The molecule has 3 aliphatic heterocycles. The molecule has 1 amide bonds. The van der Waals surface area contributed by atoms with Gasteiger partial charge in [0, 0.05) is 56.9 Å². The monoisotopic (exact) mass is 436 g/mol. The average molecular weight is 437 g/mol. The molecule has 0 radical (unpaired) electrons. The quantitative estimate of drug-likeness (QED) is 0.777. The molecule has 0 aliphatic carbocycles. The van der Waals surface area contributed by atoms with Crippen LogP contribution in [-0.4, -0.2) is 62.1 Å². The van der Waals surface area contributed by atoms with Crippen LogP contribution < -0.4 is 15.1 Å². The third-order valence-corrected chi connectivity index (χ3v) is 6.78. The van der Waals surface area contributed by atoms with E-state index < -0.39 is 0 Å². The molecule has 0 bridgehead atoms. The largest absolute Gasteiger partial charge is 0.371 e. The second kappa shape index (κ2) is 9.08. The van der Waals surface area contributed by atoms with Gasteiger partial charge in [0.25, 0.3) is 0 Å². The first-order valence-corrected chi connectivity index (χ1v) is 11.7. The van der Waals surface area contributed by atoms with E-state index in [1.54, 1.807) is 0 Å². The van der Waals surface area contributed by atoms with E-state index in [2.05, 4.69) is 57.4 Å². The topological polar surface area (TPSA) is 66.9 Å². The molecule has 3 saturated heterocycles. The van der Waals surface area contributed by atoms with Crippen molar-refractivity contribution in [1.82, 2.24) is 10.3 Å². The number of pyridine rings is 1. The lowest BCUT2D eigenvalue weighted by atomic mass is 10.0. The Morgan fingerprint density at radius 3 is 2.53 bits per heavy atom. The van der Waals surface area contributed by atoms with Gasteiger partial charge < -0.3 is 24.6 Å². The molecule has 0 unspecified atom stereocenters. The zero-order valence-electron chi connectivity index (χ0n) is 18.8. The van der Waals surface area contributed by atoms with Crippen molar-refractivity contribution in [2.75, 3.05) is 49.2 Å². The number of carbonyl (C=O) groups excluding carboxylic acids is 1. The molecule has 1 spiro atoms. The molecular weight excluding hydrogens is 404 g/mol. The van der Waals surface area contributed by atoms with Gasteiger partial charge in [-0.1, -0.05) is 12.1 Å². The van der Waals surface area contributed by atoms with Crippen molar-refractivity contribution >= 4 is 17.3 Å². The minimum atomic E-state index is -0.347. The molecule has 1 aromatic carbocycles. The maximum Gasteiger partial charge on any atom is 0.224 e. The zero-order valence-corrected chi connectivity index (χ0v) is 18.8. The number of nitrogens with zero attached hydrogens (tertiary/aromatic N) is 3. The molecule has 0 saturated carbocycles. The van der Waals surface area contributed by atoms with Crippen LogP contribution in [0.5, 0.6) is 0 Å². The summed E-state index contributed by atoms with van der Waals surface area (Å²) in [4.78, 5) is 21.6. The third-order valence-electron chi connectivity index (χ3n) is 6.78. The van der Waals surface area contributed by atoms with Gasteiger partial charge in [0.05, 0.1) is 31.5 Å². The number of hydrogen-bond acceptors (Lipinski definition) is 6. The number of piperidine rings is 1. The fourth-order valence-corrected chi connectivity index (χ4v) is 5.00. The minimum Gasteiger partial charge on any atom is -0.371 e. The number of nitrogens with one attached hydrogen (secondary N) is 1. The van der Waals surface area contributed by atoms with Gasteiger partial charge in [0.1, 0.15) is 0 Å². The SMILES string of the molecule is Cc1cncc(N2CC[C@@H](NC(=O)Cc3ccc(N4CCC5(CC4)OCCO5)cc3)C2)c1. The first kappa shape index (κ1) is 21.2. The summed E-state index contributed by atoms with van der Waals surface area (Å²) in [7, 11) is 0. The van der Waals surface area contributed by atoms with Crippen molar-refractivity contribution < 1.29 is 14.3 Å². The minimum absolute atomic E-state index is 0.0856. The van der Waals surface area contributed by atoms with Gasteiger partial charge in [-0.25, -0.2) is 0 Å². The lowest BCUT2D eigenvalue weighted by Gasteiger charge is -2.38. The zero-order chi connectivity index (χ0) is 22.0. The lowest BCUT2D eigenvalue weighted by molar-refractivity contribution is -0.169. The molecule has 4 heterocycles. The number of ether oxygens (including phenoxy) is 2. The van der Waals surface area contributed by atoms with Gasteiger partial charge in [-0.3, -0.25) is 9.78 Å². The number of hydrogen-bond donors (Lipinski definition) is 1. The van der Waals surface area contributed by atoms with Gasteiger partial charge in [-0.2, -0.15) is 0 Å². The van der Waals surface area contributed by atoms with Crippen molar-refractivity contribution in [2.24, 2.45) is 0 Å². The summed E-state index contributed by atoms with van der Waals surface area (Å²) in [6.07, 6.45) is 6.93. The Kier molecular flexibility index (Phi) is 6.02. The normalized spacial score (nSPS) is 22.5. The van der Waals surface area contributed by atoms with Crippen LogP contribution in [0.2, 0.25) is 0 Å². The Labute approximate surface area is 189 Å². The van der Waals surface area contributed by atoms with Crippen LogP contribution in [0, 0.1) is 6.92 Å². The molecule has 7 nitrogen and oxygen atoms in total. The summed E-state index contributed by atoms with van der Waals surface area (Å²) in [6.45, 7) is 7.09. The highest BCUT2D eigenvalue weighted by atomic mass is 16.7. The van der Waals surface area contributed by atoms with Crippen molar-refractivity contribution in [3.63, 3.8) is 0 Å². The number of aryl methyl sites for hydroxylation is 1. The molecule has 2 aromatic rings. The molecule has 32 heavy (non-hydrogen) atoms. The molecule has 1 aromatic heterocycles. The Hall–Kier alpha value is -2.64. The van der Waals surface area contributed by atoms with Gasteiger partial charge >= 0.3 is 0 Å². The standard InChI is InChI=1S/C25H32N4O3/c1-19-14-23(17-26-16-19)29-9-6-21(18-29)27-24(30)15-20-2-4-22(5-3-20)28-10-7-25(8-11-28)31-12-13-32-25/h2-5,14,16-17,21H,6-13,15,18H2,1H3,(H,27,30)/t21-/m1/s1. The molecule has 1 atom stereocenters. The Bertz CT molecular complexity index is 932. The summed E-state index contributed by atoms with van der Waals surface area (Å²) < 4.78 is 11.6. The van der Waals surface area contributed by atoms with E-state index in [1.807, 2.05) is 12.4 Å². The van der Waals surface area contributed by atoms with E-state index in [0.29, 0.717) is 19.6 Å². The highest BCUT2D eigenvalue weighted by Gasteiger charge is 2.39. The van der Waals surface area contributed by atoms with E-state index in [4.69, 9.17) is 9.47 Å². The molecule has 5 rings (SSSR count). The van der Waals surface area contributed by atoms with Crippen LogP contribution in [0.25, 0.3) is 0 Å². The van der Waals surface area contributed by atoms with Crippen molar-refractivity contribution in [2.45, 2.75) is 44.4 Å². The number of anilines is 2. The maximum atomic E-state index is 12.6. The van der Waals surface area contributed by atoms with E-state index >= 15 is 0 Å². The van der Waals surface area contributed by atoms with Crippen molar-refractivity contribution in [3.8, 4) is 0 Å². The molecule has 1 N–H and O–H groups in total. The molecule has 3 fully saturated rings. The number of aromatic nitrogens is 1.